The van der Waals surface area contributed by atoms with Crippen LogP contribution in [0.1, 0.15) is 6.92 Å². The Morgan fingerprint density at radius 1 is 1.16 bits per heavy atom. The monoisotopic (exact) mass is 278 g/mol. The zero-order valence-corrected chi connectivity index (χ0v) is 11.7. The number of carboxylic acid groups (broad SMARTS) is 1. The van der Waals surface area contributed by atoms with Crippen LogP contribution in [0.3, 0.4) is 0 Å². The minimum absolute atomic E-state index is 0.00450. The molecule has 1 heterocycles. The lowest BCUT2D eigenvalue weighted by Crippen LogP contribution is -2.56. The van der Waals surface area contributed by atoms with Gasteiger partial charge in [-0.15, -0.1) is 0 Å². The molecule has 2 unspecified atom stereocenters. The normalized spacial score (nSPS) is 35.3. The van der Waals surface area contributed by atoms with Crippen molar-refractivity contribution in [1.82, 2.24) is 0 Å². The SMILES string of the molecule is COC1[C@H](OC)OC(COCC(=O)O)[C@@H](C)[C@@H]1OC. The highest BCUT2D eigenvalue weighted by atomic mass is 16.7. The Labute approximate surface area is 112 Å². The van der Waals surface area contributed by atoms with Crippen LogP contribution in [-0.2, 0) is 28.5 Å². The molecule has 0 saturated carbocycles. The van der Waals surface area contributed by atoms with Crippen LogP contribution in [0.25, 0.3) is 0 Å². The van der Waals surface area contributed by atoms with Crippen molar-refractivity contribution in [3.05, 3.63) is 0 Å². The quantitative estimate of drug-likeness (QED) is 0.708. The molecule has 7 nitrogen and oxygen atoms in total. The van der Waals surface area contributed by atoms with Crippen LogP contribution in [0.4, 0.5) is 0 Å². The third-order valence-electron chi connectivity index (χ3n) is 3.29. The van der Waals surface area contributed by atoms with E-state index in [0.717, 1.165) is 0 Å². The summed E-state index contributed by atoms with van der Waals surface area (Å²) in [5, 5.41) is 8.55. The van der Waals surface area contributed by atoms with Gasteiger partial charge in [0.25, 0.3) is 0 Å². The summed E-state index contributed by atoms with van der Waals surface area (Å²) in [6, 6.07) is 0. The molecule has 0 aliphatic carbocycles. The first kappa shape index (κ1) is 16.3. The number of methoxy groups -OCH3 is 3. The smallest absolute Gasteiger partial charge is 0.329 e. The van der Waals surface area contributed by atoms with E-state index in [1.165, 1.54) is 7.11 Å². The molecule has 0 aromatic heterocycles. The molecule has 7 heteroatoms. The van der Waals surface area contributed by atoms with E-state index in [9.17, 15) is 4.79 Å². The first-order valence-electron chi connectivity index (χ1n) is 6.08. The van der Waals surface area contributed by atoms with Crippen LogP contribution in [0.2, 0.25) is 0 Å². The van der Waals surface area contributed by atoms with Crippen LogP contribution < -0.4 is 0 Å². The third kappa shape index (κ3) is 4.12. The average Bonchev–Trinajstić information content (AvgIpc) is 2.39. The van der Waals surface area contributed by atoms with Gasteiger partial charge in [-0.25, -0.2) is 4.79 Å². The molecule has 0 bridgehead atoms. The lowest BCUT2D eigenvalue weighted by Gasteiger charge is -2.43. The van der Waals surface area contributed by atoms with E-state index in [-0.39, 0.29) is 37.4 Å². The van der Waals surface area contributed by atoms with Crippen molar-refractivity contribution in [3.63, 3.8) is 0 Å². The second-order valence-corrected chi connectivity index (χ2v) is 4.45. The molecular weight excluding hydrogens is 256 g/mol. The van der Waals surface area contributed by atoms with E-state index in [0.29, 0.717) is 0 Å². The number of carbonyl (C=O) groups is 1. The highest BCUT2D eigenvalue weighted by molar-refractivity contribution is 5.67. The van der Waals surface area contributed by atoms with Gasteiger partial charge in [0, 0.05) is 27.2 Å². The molecule has 1 fully saturated rings. The minimum Gasteiger partial charge on any atom is -0.480 e. The van der Waals surface area contributed by atoms with Crippen LogP contribution in [0.15, 0.2) is 0 Å². The maximum absolute atomic E-state index is 10.4. The zero-order chi connectivity index (χ0) is 14.4. The van der Waals surface area contributed by atoms with Crippen molar-refractivity contribution in [1.29, 1.82) is 0 Å². The van der Waals surface area contributed by atoms with Crippen molar-refractivity contribution in [2.45, 2.75) is 31.5 Å². The Kier molecular flexibility index (Phi) is 6.67. The van der Waals surface area contributed by atoms with E-state index in [1.807, 2.05) is 6.92 Å². The maximum atomic E-state index is 10.4. The molecule has 112 valence electrons. The Balaban J connectivity index is 2.64. The van der Waals surface area contributed by atoms with Gasteiger partial charge in [-0.3, -0.25) is 0 Å². The highest BCUT2D eigenvalue weighted by Crippen LogP contribution is 2.30. The Morgan fingerprint density at radius 3 is 2.26 bits per heavy atom. The van der Waals surface area contributed by atoms with Crippen molar-refractivity contribution < 1.29 is 33.6 Å². The number of hydrogen-bond donors (Lipinski definition) is 1. The fourth-order valence-corrected chi connectivity index (χ4v) is 2.28. The van der Waals surface area contributed by atoms with E-state index >= 15 is 0 Å². The summed E-state index contributed by atoms with van der Waals surface area (Å²) in [7, 11) is 4.69. The van der Waals surface area contributed by atoms with E-state index < -0.39 is 12.3 Å². The van der Waals surface area contributed by atoms with Gasteiger partial charge in [-0.2, -0.15) is 0 Å². The summed E-state index contributed by atoms with van der Waals surface area (Å²) in [6.07, 6.45) is -1.41. The largest absolute Gasteiger partial charge is 0.480 e. The first-order chi connectivity index (χ1) is 9.04. The number of rotatable bonds is 7. The second kappa shape index (κ2) is 7.76. The van der Waals surface area contributed by atoms with Crippen molar-refractivity contribution >= 4 is 5.97 Å². The predicted molar refractivity (Wildman–Crippen MR) is 64.9 cm³/mol. The number of aliphatic carboxylic acids is 1. The van der Waals surface area contributed by atoms with Crippen molar-refractivity contribution in [2.24, 2.45) is 5.92 Å². The van der Waals surface area contributed by atoms with Gasteiger partial charge in [0.1, 0.15) is 12.7 Å². The van der Waals surface area contributed by atoms with Gasteiger partial charge < -0.3 is 28.8 Å². The van der Waals surface area contributed by atoms with Crippen LogP contribution in [-0.4, -0.2) is 70.2 Å². The molecule has 1 saturated heterocycles. The van der Waals surface area contributed by atoms with E-state index in [2.05, 4.69) is 0 Å². The molecule has 0 spiro atoms. The third-order valence-corrected chi connectivity index (χ3v) is 3.29. The number of ether oxygens (including phenoxy) is 5. The van der Waals surface area contributed by atoms with E-state index in [4.69, 9.17) is 28.8 Å². The van der Waals surface area contributed by atoms with Gasteiger partial charge in [0.05, 0.1) is 18.8 Å². The molecule has 1 rings (SSSR count). The Morgan fingerprint density at radius 2 is 1.79 bits per heavy atom. The van der Waals surface area contributed by atoms with Gasteiger partial charge >= 0.3 is 5.97 Å². The fraction of sp³-hybridized carbons (Fsp3) is 0.917. The number of carboxylic acids is 1. The van der Waals surface area contributed by atoms with Crippen LogP contribution in [0, 0.1) is 5.92 Å². The molecule has 0 aromatic rings. The average molecular weight is 278 g/mol. The molecule has 19 heavy (non-hydrogen) atoms. The lowest BCUT2D eigenvalue weighted by molar-refractivity contribution is -0.291. The van der Waals surface area contributed by atoms with Crippen LogP contribution >= 0.6 is 0 Å². The molecule has 0 aromatic carbocycles. The Bertz CT molecular complexity index is 283. The number of hydrogen-bond acceptors (Lipinski definition) is 6. The van der Waals surface area contributed by atoms with Gasteiger partial charge in [0.15, 0.2) is 6.29 Å². The summed E-state index contributed by atoms with van der Waals surface area (Å²) in [6.45, 7) is 1.76. The van der Waals surface area contributed by atoms with Gasteiger partial charge in [-0.05, 0) is 0 Å². The highest BCUT2D eigenvalue weighted by Gasteiger charge is 2.44. The Hall–Kier alpha value is -0.730. The molecular formula is C12H22O7. The first-order valence-corrected chi connectivity index (χ1v) is 6.08. The molecule has 1 aliphatic heterocycles. The summed E-state index contributed by atoms with van der Waals surface area (Å²) in [5.41, 5.74) is 0. The van der Waals surface area contributed by atoms with Gasteiger partial charge in [0.2, 0.25) is 0 Å². The second-order valence-electron chi connectivity index (χ2n) is 4.45. The predicted octanol–water partition coefficient (Wildman–Crippen LogP) is 0.125. The molecule has 0 amide bonds. The van der Waals surface area contributed by atoms with Crippen LogP contribution in [0.5, 0.6) is 0 Å². The molecule has 1 N–H and O–H groups in total. The topological polar surface area (TPSA) is 83.5 Å². The minimum atomic E-state index is -1.01. The molecule has 0 radical (unpaired) electrons. The van der Waals surface area contributed by atoms with E-state index in [1.54, 1.807) is 14.2 Å². The van der Waals surface area contributed by atoms with Crippen molar-refractivity contribution in [3.8, 4) is 0 Å². The van der Waals surface area contributed by atoms with Gasteiger partial charge in [-0.1, -0.05) is 6.92 Å². The summed E-state index contributed by atoms with van der Waals surface area (Å²) in [4.78, 5) is 10.4. The standard InChI is InChI=1S/C12H22O7/c1-7-8(5-18-6-9(13)14)19-12(17-4)11(16-3)10(7)15-2/h7-8,10-12H,5-6H2,1-4H3,(H,13,14)/t7-,8?,10+,11?,12-/m1/s1. The molecule has 1 aliphatic rings. The fourth-order valence-electron chi connectivity index (χ4n) is 2.28. The summed E-state index contributed by atoms with van der Waals surface area (Å²) < 4.78 is 26.8. The zero-order valence-electron chi connectivity index (χ0n) is 11.7. The van der Waals surface area contributed by atoms with Crippen molar-refractivity contribution in [2.75, 3.05) is 34.5 Å². The molecule has 5 atom stereocenters. The summed E-state index contributed by atoms with van der Waals surface area (Å²) in [5.74, 6) is -1.01. The maximum Gasteiger partial charge on any atom is 0.329 e. The lowest BCUT2D eigenvalue weighted by atomic mass is 9.90. The summed E-state index contributed by atoms with van der Waals surface area (Å²) >= 11 is 0.